The van der Waals surface area contributed by atoms with E-state index < -0.39 is 0 Å². The lowest BCUT2D eigenvalue weighted by Gasteiger charge is -2.16. The number of hydrogen-bond donors (Lipinski definition) is 1. The average Bonchev–Trinajstić information content (AvgIpc) is 2.76. The van der Waals surface area contributed by atoms with Crippen LogP contribution in [0.15, 0.2) is 0 Å². The number of hydrogen-bond acceptors (Lipinski definition) is 2. The van der Waals surface area contributed by atoms with Gasteiger partial charge in [-0.15, -0.1) is 0 Å². The summed E-state index contributed by atoms with van der Waals surface area (Å²) in [5, 5.41) is 9.94. The van der Waals surface area contributed by atoms with E-state index in [0.29, 0.717) is 5.92 Å². The van der Waals surface area contributed by atoms with Gasteiger partial charge < -0.3 is 5.11 Å². The lowest BCUT2D eigenvalue weighted by Crippen LogP contribution is -2.19. The Morgan fingerprint density at radius 3 is 2.60 bits per heavy atom. The topological polar surface area (TPSA) is 20.2 Å². The highest BCUT2D eigenvalue weighted by Gasteiger charge is 2.22. The van der Waals surface area contributed by atoms with Crippen molar-refractivity contribution < 1.29 is 5.11 Å². The third kappa shape index (κ3) is 5.82. The Hall–Kier alpha value is 0.310. The van der Waals surface area contributed by atoms with E-state index in [-0.39, 0.29) is 6.10 Å². The van der Waals surface area contributed by atoms with E-state index in [2.05, 4.69) is 6.92 Å². The molecule has 0 spiro atoms. The van der Waals surface area contributed by atoms with Crippen molar-refractivity contribution in [2.45, 2.75) is 64.4 Å². The molecule has 0 saturated carbocycles. The Kier molecular flexibility index (Phi) is 7.54. The monoisotopic (exact) mass is 230 g/mol. The molecule has 0 aromatic carbocycles. The van der Waals surface area contributed by atoms with Gasteiger partial charge >= 0.3 is 0 Å². The Morgan fingerprint density at radius 1 is 1.20 bits per heavy atom. The first-order chi connectivity index (χ1) is 7.34. The Morgan fingerprint density at radius 2 is 1.93 bits per heavy atom. The quantitative estimate of drug-likeness (QED) is 0.639. The molecule has 0 radical (unpaired) electrons. The Bertz CT molecular complexity index is 143. The fraction of sp³-hybridized carbons (Fsp3) is 1.00. The molecule has 2 unspecified atom stereocenters. The fourth-order valence-corrected chi connectivity index (χ4v) is 3.55. The van der Waals surface area contributed by atoms with Crippen LogP contribution in [0.5, 0.6) is 0 Å². The molecule has 1 aliphatic heterocycles. The molecule has 0 aliphatic carbocycles. The number of rotatable bonds is 8. The van der Waals surface area contributed by atoms with Crippen LogP contribution >= 0.6 is 11.8 Å². The summed E-state index contributed by atoms with van der Waals surface area (Å²) in [4.78, 5) is 0. The normalized spacial score (nSPS) is 23.2. The summed E-state index contributed by atoms with van der Waals surface area (Å²) < 4.78 is 0. The molecule has 2 heteroatoms. The summed E-state index contributed by atoms with van der Waals surface area (Å²) >= 11 is 2.00. The van der Waals surface area contributed by atoms with E-state index >= 15 is 0 Å². The molecule has 1 nitrogen and oxygen atoms in total. The highest BCUT2D eigenvalue weighted by atomic mass is 32.2. The van der Waals surface area contributed by atoms with Crippen molar-refractivity contribution >= 4 is 11.8 Å². The second-order valence-corrected chi connectivity index (χ2v) is 5.90. The van der Waals surface area contributed by atoms with Gasteiger partial charge in [-0.05, 0) is 30.3 Å². The molecule has 1 aliphatic rings. The second-order valence-electron chi connectivity index (χ2n) is 4.75. The summed E-state index contributed by atoms with van der Waals surface area (Å²) in [7, 11) is 0. The zero-order valence-electron chi connectivity index (χ0n) is 10.1. The standard InChI is InChI=1S/C13H26OS/c1-2-3-4-5-6-7-8-13(14)12-9-10-15-11-12/h12-14H,2-11H2,1H3. The van der Waals surface area contributed by atoms with Crippen LogP contribution in [0.1, 0.15) is 58.3 Å². The predicted molar refractivity (Wildman–Crippen MR) is 69.4 cm³/mol. The molecule has 1 fully saturated rings. The molecule has 0 aromatic rings. The summed E-state index contributed by atoms with van der Waals surface area (Å²) in [6, 6.07) is 0. The highest BCUT2D eigenvalue weighted by molar-refractivity contribution is 7.99. The van der Waals surface area contributed by atoms with E-state index in [1.54, 1.807) is 0 Å². The molecular formula is C13H26OS. The van der Waals surface area contributed by atoms with E-state index in [1.807, 2.05) is 11.8 Å². The molecule has 15 heavy (non-hydrogen) atoms. The molecule has 0 aromatic heterocycles. The predicted octanol–water partition coefficient (Wildman–Crippen LogP) is 3.85. The largest absolute Gasteiger partial charge is 0.393 e. The van der Waals surface area contributed by atoms with Gasteiger partial charge in [0.05, 0.1) is 6.10 Å². The van der Waals surface area contributed by atoms with Crippen molar-refractivity contribution in [3.05, 3.63) is 0 Å². The molecular weight excluding hydrogens is 204 g/mol. The lowest BCUT2D eigenvalue weighted by molar-refractivity contribution is 0.108. The van der Waals surface area contributed by atoms with Crippen molar-refractivity contribution in [3.8, 4) is 0 Å². The third-order valence-corrected chi connectivity index (χ3v) is 4.55. The molecule has 0 bridgehead atoms. The Labute approximate surface area is 99.0 Å². The van der Waals surface area contributed by atoms with Crippen LogP contribution in [0.2, 0.25) is 0 Å². The second kappa shape index (κ2) is 8.46. The molecule has 1 heterocycles. The SMILES string of the molecule is CCCCCCCCC(O)C1CCSC1. The van der Waals surface area contributed by atoms with Crippen molar-refractivity contribution in [1.29, 1.82) is 0 Å². The number of aliphatic hydroxyl groups is 1. The first-order valence-electron chi connectivity index (χ1n) is 6.60. The maximum Gasteiger partial charge on any atom is 0.0576 e. The summed E-state index contributed by atoms with van der Waals surface area (Å²) in [6.07, 6.45) is 10.3. The first kappa shape index (κ1) is 13.4. The van der Waals surface area contributed by atoms with E-state index in [0.717, 1.165) is 6.42 Å². The minimum Gasteiger partial charge on any atom is -0.393 e. The fourth-order valence-electron chi connectivity index (χ4n) is 2.23. The zero-order chi connectivity index (χ0) is 10.9. The van der Waals surface area contributed by atoms with Gasteiger partial charge in [0, 0.05) is 0 Å². The van der Waals surface area contributed by atoms with Crippen LogP contribution in [0.3, 0.4) is 0 Å². The molecule has 1 N–H and O–H groups in total. The van der Waals surface area contributed by atoms with Crippen LogP contribution in [-0.4, -0.2) is 22.7 Å². The van der Waals surface area contributed by atoms with Crippen molar-refractivity contribution in [3.63, 3.8) is 0 Å². The van der Waals surface area contributed by atoms with E-state index in [1.165, 1.54) is 56.5 Å². The van der Waals surface area contributed by atoms with Crippen LogP contribution in [0.4, 0.5) is 0 Å². The molecule has 2 atom stereocenters. The molecule has 1 saturated heterocycles. The molecule has 1 rings (SSSR count). The number of unbranched alkanes of at least 4 members (excludes halogenated alkanes) is 5. The van der Waals surface area contributed by atoms with Gasteiger partial charge in [0.1, 0.15) is 0 Å². The van der Waals surface area contributed by atoms with Crippen LogP contribution in [0, 0.1) is 5.92 Å². The maximum atomic E-state index is 9.94. The Balaban J connectivity index is 1.90. The molecule has 0 amide bonds. The summed E-state index contributed by atoms with van der Waals surface area (Å²) in [6.45, 7) is 2.25. The third-order valence-electron chi connectivity index (χ3n) is 3.36. The van der Waals surface area contributed by atoms with E-state index in [4.69, 9.17) is 0 Å². The van der Waals surface area contributed by atoms with Gasteiger partial charge in [-0.2, -0.15) is 11.8 Å². The maximum absolute atomic E-state index is 9.94. The van der Waals surface area contributed by atoms with Gasteiger partial charge in [-0.3, -0.25) is 0 Å². The van der Waals surface area contributed by atoms with Crippen LogP contribution in [-0.2, 0) is 0 Å². The van der Waals surface area contributed by atoms with Crippen LogP contribution in [0.25, 0.3) is 0 Å². The minimum absolute atomic E-state index is 0.00817. The minimum atomic E-state index is -0.00817. The van der Waals surface area contributed by atoms with Gasteiger partial charge in [0.25, 0.3) is 0 Å². The van der Waals surface area contributed by atoms with Crippen LogP contribution < -0.4 is 0 Å². The van der Waals surface area contributed by atoms with Gasteiger partial charge in [0.2, 0.25) is 0 Å². The van der Waals surface area contributed by atoms with E-state index in [9.17, 15) is 5.11 Å². The van der Waals surface area contributed by atoms with Crippen molar-refractivity contribution in [2.75, 3.05) is 11.5 Å². The highest BCUT2D eigenvalue weighted by Crippen LogP contribution is 2.28. The first-order valence-corrected chi connectivity index (χ1v) is 7.76. The van der Waals surface area contributed by atoms with Gasteiger partial charge in [-0.25, -0.2) is 0 Å². The van der Waals surface area contributed by atoms with Gasteiger partial charge in [0.15, 0.2) is 0 Å². The zero-order valence-corrected chi connectivity index (χ0v) is 10.9. The summed E-state index contributed by atoms with van der Waals surface area (Å²) in [5.74, 6) is 3.06. The number of thioether (sulfide) groups is 1. The average molecular weight is 230 g/mol. The number of aliphatic hydroxyl groups excluding tert-OH is 1. The smallest absolute Gasteiger partial charge is 0.0576 e. The van der Waals surface area contributed by atoms with Gasteiger partial charge in [-0.1, -0.05) is 45.4 Å². The van der Waals surface area contributed by atoms with Crippen molar-refractivity contribution in [2.24, 2.45) is 5.92 Å². The van der Waals surface area contributed by atoms with Crippen molar-refractivity contribution in [1.82, 2.24) is 0 Å². The lowest BCUT2D eigenvalue weighted by atomic mass is 9.96. The summed E-state index contributed by atoms with van der Waals surface area (Å²) in [5.41, 5.74) is 0. The molecule has 90 valence electrons.